The highest BCUT2D eigenvalue weighted by Gasteiger charge is 2.17. The van der Waals surface area contributed by atoms with E-state index in [1.807, 2.05) is 6.07 Å². The van der Waals surface area contributed by atoms with Gasteiger partial charge in [-0.15, -0.1) is 0 Å². The molecule has 2 heterocycles. The molecular weight excluding hydrogens is 284 g/mol. The number of ether oxygens (including phenoxy) is 2. The Balaban J connectivity index is 2.08. The Morgan fingerprint density at radius 1 is 1.14 bits per heavy atom. The zero-order valence-electron chi connectivity index (χ0n) is 12.8. The van der Waals surface area contributed by atoms with Crippen LogP contribution in [0.4, 0.5) is 0 Å². The van der Waals surface area contributed by atoms with E-state index in [4.69, 9.17) is 18.3 Å². The third-order valence-electron chi connectivity index (χ3n) is 3.75. The predicted octanol–water partition coefficient (Wildman–Crippen LogP) is 3.59. The molecule has 1 aromatic carbocycles. The Hall–Kier alpha value is -2.27. The first-order valence-electron chi connectivity index (χ1n) is 7.20. The topological polar surface area (TPSA) is 61.8 Å². The predicted molar refractivity (Wildman–Crippen MR) is 83.4 cm³/mol. The minimum absolute atomic E-state index is 0.0204. The first-order valence-corrected chi connectivity index (χ1v) is 7.20. The molecule has 1 atom stereocenters. The smallest absolute Gasteiger partial charge is 0.336 e. The van der Waals surface area contributed by atoms with Crippen LogP contribution >= 0.6 is 0 Å². The standard InChI is InChI=1S/C17H18O5/c1-10(2)15(19-3)9-21-17-11-4-5-16(18)22-14(11)8-13-12(17)6-7-20-13/h4-8,10,15H,9H2,1-3H3. The lowest BCUT2D eigenvalue weighted by Crippen LogP contribution is -2.26. The summed E-state index contributed by atoms with van der Waals surface area (Å²) < 4.78 is 22.1. The van der Waals surface area contributed by atoms with Crippen molar-refractivity contribution in [2.24, 2.45) is 5.92 Å². The zero-order valence-corrected chi connectivity index (χ0v) is 12.8. The summed E-state index contributed by atoms with van der Waals surface area (Å²) in [7, 11) is 1.67. The Morgan fingerprint density at radius 3 is 2.64 bits per heavy atom. The normalized spacial score (nSPS) is 13.1. The summed E-state index contributed by atoms with van der Waals surface area (Å²) in [5.74, 6) is 0.977. The zero-order chi connectivity index (χ0) is 15.7. The van der Waals surface area contributed by atoms with Gasteiger partial charge in [0.05, 0.1) is 23.1 Å². The highest BCUT2D eigenvalue weighted by Crippen LogP contribution is 2.35. The quantitative estimate of drug-likeness (QED) is 0.674. The third kappa shape index (κ3) is 2.60. The molecule has 0 aliphatic carbocycles. The molecule has 3 rings (SSSR count). The summed E-state index contributed by atoms with van der Waals surface area (Å²) in [5.41, 5.74) is 0.667. The van der Waals surface area contributed by atoms with E-state index in [9.17, 15) is 4.79 Å². The fourth-order valence-corrected chi connectivity index (χ4v) is 2.46. The number of methoxy groups -OCH3 is 1. The minimum atomic E-state index is -0.402. The van der Waals surface area contributed by atoms with Crippen LogP contribution < -0.4 is 10.4 Å². The molecule has 0 spiro atoms. The lowest BCUT2D eigenvalue weighted by atomic mass is 10.1. The summed E-state index contributed by atoms with van der Waals surface area (Å²) >= 11 is 0. The molecule has 0 saturated heterocycles. The maximum absolute atomic E-state index is 11.4. The first kappa shape index (κ1) is 14.7. The number of fused-ring (bicyclic) bond motifs is 2. The van der Waals surface area contributed by atoms with Crippen molar-refractivity contribution in [1.29, 1.82) is 0 Å². The van der Waals surface area contributed by atoms with Crippen molar-refractivity contribution in [2.75, 3.05) is 13.7 Å². The molecule has 0 amide bonds. The number of furan rings is 1. The van der Waals surface area contributed by atoms with Gasteiger partial charge in [-0.2, -0.15) is 0 Å². The van der Waals surface area contributed by atoms with Gasteiger partial charge in [0, 0.05) is 19.2 Å². The second-order valence-corrected chi connectivity index (χ2v) is 5.53. The summed E-state index contributed by atoms with van der Waals surface area (Å²) in [5, 5.41) is 1.59. The van der Waals surface area contributed by atoms with E-state index in [1.165, 1.54) is 6.07 Å². The van der Waals surface area contributed by atoms with Crippen LogP contribution in [0.25, 0.3) is 21.9 Å². The second kappa shape index (κ2) is 5.85. The second-order valence-electron chi connectivity index (χ2n) is 5.53. The molecule has 116 valence electrons. The summed E-state index contributed by atoms with van der Waals surface area (Å²) in [6.45, 7) is 4.56. The van der Waals surface area contributed by atoms with Crippen molar-refractivity contribution >= 4 is 21.9 Å². The molecule has 0 radical (unpaired) electrons. The van der Waals surface area contributed by atoms with Crippen LogP contribution in [-0.4, -0.2) is 19.8 Å². The molecule has 0 aliphatic rings. The number of hydrogen-bond donors (Lipinski definition) is 0. The number of hydrogen-bond acceptors (Lipinski definition) is 5. The van der Waals surface area contributed by atoms with E-state index in [2.05, 4.69) is 13.8 Å². The van der Waals surface area contributed by atoms with Gasteiger partial charge in [-0.25, -0.2) is 4.79 Å². The van der Waals surface area contributed by atoms with Crippen molar-refractivity contribution in [2.45, 2.75) is 20.0 Å². The molecule has 5 nitrogen and oxygen atoms in total. The monoisotopic (exact) mass is 302 g/mol. The van der Waals surface area contributed by atoms with Crippen LogP contribution in [0.1, 0.15) is 13.8 Å². The molecule has 0 N–H and O–H groups in total. The van der Waals surface area contributed by atoms with Gasteiger partial charge in [-0.05, 0) is 18.1 Å². The Morgan fingerprint density at radius 2 is 1.91 bits per heavy atom. The summed E-state index contributed by atoms with van der Waals surface area (Å²) in [6.07, 6.45) is 1.57. The maximum atomic E-state index is 11.4. The lowest BCUT2D eigenvalue weighted by Gasteiger charge is -2.20. The number of rotatable bonds is 5. The molecule has 0 fully saturated rings. The molecule has 1 unspecified atom stereocenters. The lowest BCUT2D eigenvalue weighted by molar-refractivity contribution is 0.0270. The Bertz CT molecular complexity index is 843. The summed E-state index contributed by atoms with van der Waals surface area (Å²) in [4.78, 5) is 11.4. The van der Waals surface area contributed by atoms with Gasteiger partial charge >= 0.3 is 5.63 Å². The Labute approximate surface area is 127 Å². The number of benzene rings is 1. The average Bonchev–Trinajstić information content (AvgIpc) is 2.94. The Kier molecular flexibility index (Phi) is 3.90. The van der Waals surface area contributed by atoms with Gasteiger partial charge in [0.15, 0.2) is 0 Å². The first-order chi connectivity index (χ1) is 10.6. The van der Waals surface area contributed by atoms with Crippen LogP contribution in [0, 0.1) is 5.92 Å². The molecule has 3 aromatic rings. The minimum Gasteiger partial charge on any atom is -0.489 e. The van der Waals surface area contributed by atoms with E-state index < -0.39 is 5.63 Å². The van der Waals surface area contributed by atoms with Crippen LogP contribution in [0.3, 0.4) is 0 Å². The van der Waals surface area contributed by atoms with Crippen LogP contribution in [0.15, 0.2) is 44.2 Å². The van der Waals surface area contributed by atoms with E-state index >= 15 is 0 Å². The van der Waals surface area contributed by atoms with Gasteiger partial charge in [-0.1, -0.05) is 13.8 Å². The van der Waals surface area contributed by atoms with Crippen LogP contribution in [0.5, 0.6) is 5.75 Å². The molecule has 5 heteroatoms. The fraction of sp³-hybridized carbons (Fsp3) is 0.353. The SMILES string of the molecule is COC(COc1c2ccoc2cc2oc(=O)ccc12)C(C)C. The molecular formula is C17H18O5. The van der Waals surface area contributed by atoms with Gasteiger partial charge in [-0.3, -0.25) is 0 Å². The van der Waals surface area contributed by atoms with Crippen molar-refractivity contribution in [3.63, 3.8) is 0 Å². The average molecular weight is 302 g/mol. The van der Waals surface area contributed by atoms with Crippen LogP contribution in [-0.2, 0) is 4.74 Å². The van der Waals surface area contributed by atoms with E-state index in [-0.39, 0.29) is 6.10 Å². The molecule has 0 saturated carbocycles. The molecule has 0 aliphatic heterocycles. The van der Waals surface area contributed by atoms with E-state index in [0.29, 0.717) is 29.4 Å². The summed E-state index contributed by atoms with van der Waals surface area (Å²) in [6, 6.07) is 6.64. The van der Waals surface area contributed by atoms with E-state index in [0.717, 1.165) is 10.8 Å². The van der Waals surface area contributed by atoms with Gasteiger partial charge in [0.25, 0.3) is 0 Å². The van der Waals surface area contributed by atoms with Gasteiger partial charge in [0.2, 0.25) is 0 Å². The fourth-order valence-electron chi connectivity index (χ4n) is 2.46. The van der Waals surface area contributed by atoms with Crippen molar-refractivity contribution in [3.8, 4) is 5.75 Å². The van der Waals surface area contributed by atoms with Crippen molar-refractivity contribution in [1.82, 2.24) is 0 Å². The molecule has 0 bridgehead atoms. The maximum Gasteiger partial charge on any atom is 0.336 e. The van der Waals surface area contributed by atoms with Crippen LogP contribution in [0.2, 0.25) is 0 Å². The third-order valence-corrected chi connectivity index (χ3v) is 3.75. The van der Waals surface area contributed by atoms with Gasteiger partial charge < -0.3 is 18.3 Å². The van der Waals surface area contributed by atoms with Crippen molar-refractivity contribution < 1.29 is 18.3 Å². The largest absolute Gasteiger partial charge is 0.489 e. The highest BCUT2D eigenvalue weighted by molar-refractivity contribution is 6.01. The highest BCUT2D eigenvalue weighted by atomic mass is 16.5. The molecule has 2 aromatic heterocycles. The van der Waals surface area contributed by atoms with Crippen molar-refractivity contribution in [3.05, 3.63) is 40.9 Å². The molecule has 22 heavy (non-hydrogen) atoms. The van der Waals surface area contributed by atoms with Gasteiger partial charge in [0.1, 0.15) is 23.5 Å². The van der Waals surface area contributed by atoms with E-state index in [1.54, 1.807) is 25.5 Å².